The molecule has 2 heterocycles. The lowest BCUT2D eigenvalue weighted by Crippen LogP contribution is -2.55. The second-order valence-corrected chi connectivity index (χ2v) is 11.0. The number of likely N-dealkylation sites (tertiary alicyclic amines) is 1. The Morgan fingerprint density at radius 3 is 2.63 bits per heavy atom. The van der Waals surface area contributed by atoms with Crippen LogP contribution in [0, 0.1) is 6.92 Å². The van der Waals surface area contributed by atoms with Crippen molar-refractivity contribution in [3.63, 3.8) is 0 Å². The molecule has 1 saturated heterocycles. The molecule has 1 aliphatic carbocycles. The molecule has 2 aromatic carbocycles. The zero-order chi connectivity index (χ0) is 28.9. The highest BCUT2D eigenvalue weighted by Gasteiger charge is 2.47. The Hall–Kier alpha value is -3.81. The summed E-state index contributed by atoms with van der Waals surface area (Å²) in [6.45, 7) is 5.34. The summed E-state index contributed by atoms with van der Waals surface area (Å²) in [5.41, 5.74) is 1.64. The van der Waals surface area contributed by atoms with E-state index in [0.29, 0.717) is 24.3 Å². The van der Waals surface area contributed by atoms with Gasteiger partial charge in [0.25, 0.3) is 5.91 Å². The number of rotatable bonds is 7. The van der Waals surface area contributed by atoms with Crippen LogP contribution >= 0.6 is 0 Å². The third-order valence-electron chi connectivity index (χ3n) is 6.96. The monoisotopic (exact) mass is 519 g/mol. The van der Waals surface area contributed by atoms with E-state index < -0.39 is 29.8 Å². The minimum atomic E-state index is -2.18. The van der Waals surface area contributed by atoms with Gasteiger partial charge in [-0.25, -0.2) is 4.79 Å². The molecule has 1 aliphatic heterocycles. The van der Waals surface area contributed by atoms with Crippen LogP contribution in [0.25, 0.3) is 10.9 Å². The van der Waals surface area contributed by atoms with Crippen LogP contribution in [0.2, 0.25) is 0 Å². The second-order valence-electron chi connectivity index (χ2n) is 11.0. The second kappa shape index (κ2) is 9.82. The molecule has 200 valence electrons. The number of nitrogens with zero attached hydrogens (tertiary/aromatic N) is 2. The number of hydrogen-bond acceptors (Lipinski definition) is 6. The number of amides is 2. The lowest BCUT2D eigenvalue weighted by atomic mass is 9.97. The molecule has 8 heteroatoms. The van der Waals surface area contributed by atoms with Gasteiger partial charge in [-0.3, -0.25) is 9.78 Å². The number of nitrogens with one attached hydrogen (secondary N) is 1. The third kappa shape index (κ3) is 5.26. The molecule has 8 nitrogen and oxygen atoms in total. The van der Waals surface area contributed by atoms with Crippen molar-refractivity contribution in [2.24, 2.45) is 0 Å². The summed E-state index contributed by atoms with van der Waals surface area (Å²) in [6, 6.07) is 11.8. The highest BCUT2D eigenvalue weighted by atomic mass is 16.6. The van der Waals surface area contributed by atoms with Crippen molar-refractivity contribution in [1.82, 2.24) is 15.2 Å². The molecule has 0 radical (unpaired) electrons. The van der Waals surface area contributed by atoms with Gasteiger partial charge >= 0.3 is 6.09 Å². The summed E-state index contributed by atoms with van der Waals surface area (Å²) in [4.78, 5) is 32.0. The molecule has 3 aromatic rings. The normalized spacial score (nSPS) is 19.1. The highest BCUT2D eigenvalue weighted by molar-refractivity contribution is 5.97. The number of aryl methyl sites for hydroxylation is 1. The Morgan fingerprint density at radius 2 is 1.97 bits per heavy atom. The van der Waals surface area contributed by atoms with E-state index in [1.165, 1.54) is 4.90 Å². The van der Waals surface area contributed by atoms with Gasteiger partial charge in [-0.05, 0) is 82.3 Å². The first kappa shape index (κ1) is 23.3. The van der Waals surface area contributed by atoms with E-state index in [-0.39, 0.29) is 11.7 Å². The van der Waals surface area contributed by atoms with Gasteiger partial charge in [0.1, 0.15) is 23.7 Å². The van der Waals surface area contributed by atoms with Crippen LogP contribution in [0.4, 0.5) is 4.79 Å². The number of pyridine rings is 1. The molecule has 0 spiro atoms. The fourth-order valence-electron chi connectivity index (χ4n) is 4.64. The van der Waals surface area contributed by atoms with Crippen molar-refractivity contribution in [3.8, 4) is 11.5 Å². The lowest BCUT2D eigenvalue weighted by Gasteiger charge is -2.41. The summed E-state index contributed by atoms with van der Waals surface area (Å²) in [6.07, 6.45) is 3.14. The average Bonchev–Trinajstić information content (AvgIpc) is 3.62. The van der Waals surface area contributed by atoms with Crippen molar-refractivity contribution < 1.29 is 26.5 Å². The smallest absolute Gasteiger partial charge is 0.410 e. The first-order valence-electron chi connectivity index (χ1n) is 13.9. The number of fused-ring (bicyclic) bond motifs is 1. The van der Waals surface area contributed by atoms with Crippen LogP contribution in [0.15, 0.2) is 48.7 Å². The third-order valence-corrected chi connectivity index (χ3v) is 6.96. The molecule has 0 unspecified atom stereocenters. The molecule has 5 rings (SSSR count). The van der Waals surface area contributed by atoms with Gasteiger partial charge in [-0.15, -0.1) is 0 Å². The molecule has 1 saturated carbocycles. The number of aromatic nitrogens is 1. The van der Waals surface area contributed by atoms with Crippen LogP contribution in [0.5, 0.6) is 11.5 Å². The minimum Gasteiger partial charge on any atom is -0.497 e. The summed E-state index contributed by atoms with van der Waals surface area (Å²) < 4.78 is 33.8. The molecule has 0 bridgehead atoms. The van der Waals surface area contributed by atoms with E-state index in [4.69, 9.17) is 17.0 Å². The van der Waals surface area contributed by atoms with Gasteiger partial charge in [0, 0.05) is 29.8 Å². The van der Waals surface area contributed by atoms with Gasteiger partial charge in [0.05, 0.1) is 26.9 Å². The van der Waals surface area contributed by atoms with Crippen LogP contribution in [0.1, 0.15) is 64.3 Å². The van der Waals surface area contributed by atoms with Crippen molar-refractivity contribution in [1.29, 1.82) is 0 Å². The fourth-order valence-corrected chi connectivity index (χ4v) is 4.64. The SMILES string of the molecule is [2H]C([2H])(Oc1ccc(C)c(C(=O)NC2(c3cc(OC)cc4ncccc34)CC2)c1)[C@@H]1CCN1C(=O)OC(C)(C)C. The fraction of sp³-hybridized carbons (Fsp3) is 0.433. The van der Waals surface area contributed by atoms with Crippen LogP contribution in [-0.4, -0.2) is 53.7 Å². The van der Waals surface area contributed by atoms with Crippen molar-refractivity contribution in [3.05, 3.63) is 65.4 Å². The van der Waals surface area contributed by atoms with Gasteiger partial charge in [0.15, 0.2) is 0 Å². The standard InChI is InChI=1S/C30H35N3O5/c1-19-8-9-21(37-18-20-10-14-33(20)28(35)38-29(2,3)4)15-24(19)27(34)32-30(11-12-30)25-16-22(36-5)17-26-23(25)7-6-13-31-26/h6-9,13,15-17,20H,10-12,14,18H2,1-5H3,(H,32,34)/t20-/m0/s1/i18D2. The van der Waals surface area contributed by atoms with E-state index in [1.807, 2.05) is 31.2 Å². The number of carbonyl (C=O) groups excluding carboxylic acids is 2. The number of carbonyl (C=O) groups is 2. The van der Waals surface area contributed by atoms with Crippen LogP contribution in [0.3, 0.4) is 0 Å². The van der Waals surface area contributed by atoms with Crippen molar-refractivity contribution >= 4 is 22.9 Å². The van der Waals surface area contributed by atoms with Crippen molar-refractivity contribution in [2.45, 2.75) is 64.1 Å². The first-order chi connectivity index (χ1) is 18.8. The molecule has 1 atom stereocenters. The lowest BCUT2D eigenvalue weighted by molar-refractivity contribution is -0.0141. The first-order valence-corrected chi connectivity index (χ1v) is 12.9. The zero-order valence-corrected chi connectivity index (χ0v) is 22.5. The number of ether oxygens (including phenoxy) is 3. The van der Waals surface area contributed by atoms with Gasteiger partial charge < -0.3 is 24.4 Å². The summed E-state index contributed by atoms with van der Waals surface area (Å²) in [5, 5.41) is 4.18. The molecule has 2 amide bonds. The van der Waals surface area contributed by atoms with E-state index in [0.717, 1.165) is 34.9 Å². The Balaban J connectivity index is 1.35. The maximum atomic E-state index is 13.6. The zero-order valence-electron chi connectivity index (χ0n) is 24.5. The highest BCUT2D eigenvalue weighted by Crippen LogP contribution is 2.49. The predicted molar refractivity (Wildman–Crippen MR) is 145 cm³/mol. The average molecular weight is 520 g/mol. The van der Waals surface area contributed by atoms with E-state index in [2.05, 4.69) is 10.3 Å². The topological polar surface area (TPSA) is 90.0 Å². The predicted octanol–water partition coefficient (Wildman–Crippen LogP) is 5.36. The summed E-state index contributed by atoms with van der Waals surface area (Å²) in [5.74, 6) is 0.601. The molecule has 1 aromatic heterocycles. The van der Waals surface area contributed by atoms with Crippen molar-refractivity contribution in [2.75, 3.05) is 20.2 Å². The van der Waals surface area contributed by atoms with Crippen LogP contribution in [-0.2, 0) is 10.3 Å². The number of hydrogen-bond donors (Lipinski definition) is 1. The molecular formula is C30H35N3O5. The Kier molecular flexibility index (Phi) is 6.02. The van der Waals surface area contributed by atoms with Gasteiger partial charge in [0.2, 0.25) is 0 Å². The Bertz CT molecular complexity index is 1470. The molecular weight excluding hydrogens is 482 g/mol. The molecule has 2 aliphatic rings. The quantitative estimate of drug-likeness (QED) is 0.452. The summed E-state index contributed by atoms with van der Waals surface area (Å²) >= 11 is 0. The number of methoxy groups -OCH3 is 1. The van der Waals surface area contributed by atoms with E-state index >= 15 is 0 Å². The minimum absolute atomic E-state index is 0.206. The maximum absolute atomic E-state index is 13.6. The maximum Gasteiger partial charge on any atom is 0.410 e. The Labute approximate surface area is 226 Å². The van der Waals surface area contributed by atoms with Gasteiger partial charge in [-0.1, -0.05) is 12.1 Å². The van der Waals surface area contributed by atoms with E-state index in [1.54, 1.807) is 52.3 Å². The van der Waals surface area contributed by atoms with Crippen LogP contribution < -0.4 is 14.8 Å². The Morgan fingerprint density at radius 1 is 1.18 bits per heavy atom. The molecule has 1 N–H and O–H groups in total. The summed E-state index contributed by atoms with van der Waals surface area (Å²) in [7, 11) is 1.61. The number of benzene rings is 2. The van der Waals surface area contributed by atoms with Gasteiger partial charge in [-0.2, -0.15) is 0 Å². The molecule has 2 fully saturated rings. The largest absolute Gasteiger partial charge is 0.497 e. The molecule has 38 heavy (non-hydrogen) atoms. The van der Waals surface area contributed by atoms with E-state index in [9.17, 15) is 9.59 Å².